The van der Waals surface area contributed by atoms with Crippen molar-refractivity contribution >= 4 is 35.3 Å². The van der Waals surface area contributed by atoms with Gasteiger partial charge in [-0.25, -0.2) is 14.0 Å². The Labute approximate surface area is 235 Å². The van der Waals surface area contributed by atoms with Crippen LogP contribution < -0.4 is 4.74 Å². The molecule has 1 atom stereocenters. The molecule has 218 valence electrons. The molecular formula is C27H32ClF2N3O7. The molecule has 0 radical (unpaired) electrons. The Balaban J connectivity index is 1.64. The van der Waals surface area contributed by atoms with E-state index in [1.54, 1.807) is 41.5 Å². The van der Waals surface area contributed by atoms with E-state index in [9.17, 15) is 14.4 Å². The first kappa shape index (κ1) is 29.4. The van der Waals surface area contributed by atoms with Crippen LogP contribution in [0.25, 0.3) is 5.57 Å². The molecule has 4 rings (SSSR count). The van der Waals surface area contributed by atoms with Crippen LogP contribution >= 0.6 is 11.6 Å². The van der Waals surface area contributed by atoms with Gasteiger partial charge in [-0.15, -0.1) is 0 Å². The van der Waals surface area contributed by atoms with Gasteiger partial charge in [-0.3, -0.25) is 4.79 Å². The van der Waals surface area contributed by atoms with Crippen molar-refractivity contribution < 1.29 is 42.2 Å². The molecule has 0 unspecified atom stereocenters. The lowest BCUT2D eigenvalue weighted by Gasteiger charge is -2.40. The van der Waals surface area contributed by atoms with E-state index in [0.717, 1.165) is 6.07 Å². The number of fused-ring (bicyclic) bond motifs is 1. The van der Waals surface area contributed by atoms with Crippen LogP contribution in [0, 0.1) is 5.82 Å². The van der Waals surface area contributed by atoms with Gasteiger partial charge in [0.15, 0.2) is 11.5 Å². The highest BCUT2D eigenvalue weighted by atomic mass is 35.5. The number of carbonyl (C=O) groups is 3. The summed E-state index contributed by atoms with van der Waals surface area (Å²) >= 11 is 6.64. The molecule has 0 N–H and O–H groups in total. The van der Waals surface area contributed by atoms with Gasteiger partial charge in [0.1, 0.15) is 29.4 Å². The van der Waals surface area contributed by atoms with Crippen LogP contribution in [0.15, 0.2) is 34.7 Å². The summed E-state index contributed by atoms with van der Waals surface area (Å²) in [5, 5.41) is -0.0780. The minimum Gasteiger partial charge on any atom is -0.487 e. The first-order valence-electron chi connectivity index (χ1n) is 12.7. The molecule has 40 heavy (non-hydrogen) atoms. The van der Waals surface area contributed by atoms with Crippen LogP contribution in [0.5, 0.6) is 5.75 Å². The molecule has 1 aromatic rings. The molecule has 0 aromatic heterocycles. The average Bonchev–Trinajstić information content (AvgIpc) is 2.96. The van der Waals surface area contributed by atoms with Crippen LogP contribution in [0.1, 0.15) is 47.1 Å². The normalized spacial score (nSPS) is 20.0. The van der Waals surface area contributed by atoms with Crippen LogP contribution in [-0.2, 0) is 19.0 Å². The third-order valence-electron chi connectivity index (χ3n) is 6.10. The monoisotopic (exact) mass is 583 g/mol. The zero-order valence-corrected chi connectivity index (χ0v) is 23.9. The third-order valence-corrected chi connectivity index (χ3v) is 6.50. The smallest absolute Gasteiger partial charge is 0.487 e. The molecule has 1 saturated heterocycles. The number of rotatable bonds is 2. The molecule has 10 nitrogen and oxygen atoms in total. The SMILES string of the molecule is CC(C)(C)OC(=O)Oc1cccc(F)c1C1=C(Cl)C2=C(C(=O)N3CCN(C(=O)OC(C)(C)C)C[C@@H]3CO2)N(F)C1. The number of ether oxygens (including phenoxy) is 4. The van der Waals surface area contributed by atoms with Crippen molar-refractivity contribution in [2.75, 3.05) is 32.8 Å². The lowest BCUT2D eigenvalue weighted by molar-refractivity contribution is -0.135. The van der Waals surface area contributed by atoms with E-state index < -0.39 is 53.5 Å². The molecule has 3 aliphatic rings. The number of piperazine rings is 1. The highest BCUT2D eigenvalue weighted by Crippen LogP contribution is 2.42. The average molecular weight is 584 g/mol. The summed E-state index contributed by atoms with van der Waals surface area (Å²) in [6.45, 7) is 9.82. The van der Waals surface area contributed by atoms with E-state index >= 15 is 8.87 Å². The Morgan fingerprint density at radius 3 is 2.40 bits per heavy atom. The maximum atomic E-state index is 15.6. The van der Waals surface area contributed by atoms with E-state index in [0.29, 0.717) is 0 Å². The fourth-order valence-electron chi connectivity index (χ4n) is 4.48. The lowest BCUT2D eigenvalue weighted by Crippen LogP contribution is -2.58. The minimum absolute atomic E-state index is 0.0948. The second-order valence-electron chi connectivity index (χ2n) is 11.6. The van der Waals surface area contributed by atoms with E-state index in [-0.39, 0.29) is 59.0 Å². The summed E-state index contributed by atoms with van der Waals surface area (Å²) in [5.41, 5.74) is -2.38. The number of hydrogen-bond acceptors (Lipinski definition) is 8. The Morgan fingerprint density at radius 2 is 1.75 bits per heavy atom. The Bertz CT molecular complexity index is 1290. The molecule has 3 heterocycles. The Morgan fingerprint density at radius 1 is 1.07 bits per heavy atom. The predicted octanol–water partition coefficient (Wildman–Crippen LogP) is 4.98. The molecule has 0 aliphatic carbocycles. The van der Waals surface area contributed by atoms with Crippen molar-refractivity contribution in [3.63, 3.8) is 0 Å². The predicted molar refractivity (Wildman–Crippen MR) is 140 cm³/mol. The number of halogens is 3. The minimum atomic E-state index is -1.09. The largest absolute Gasteiger partial charge is 0.514 e. The van der Waals surface area contributed by atoms with Crippen molar-refractivity contribution in [1.82, 2.24) is 14.9 Å². The van der Waals surface area contributed by atoms with E-state index in [1.165, 1.54) is 21.9 Å². The van der Waals surface area contributed by atoms with Gasteiger partial charge in [0.25, 0.3) is 5.91 Å². The number of allylic oxidation sites excluding steroid dienone is 1. The molecule has 0 saturated carbocycles. The van der Waals surface area contributed by atoms with Gasteiger partial charge in [0, 0.05) is 25.2 Å². The topological polar surface area (TPSA) is 97.9 Å². The highest BCUT2D eigenvalue weighted by Gasteiger charge is 2.44. The first-order valence-corrected chi connectivity index (χ1v) is 13.1. The molecule has 0 bridgehead atoms. The van der Waals surface area contributed by atoms with Crippen molar-refractivity contribution in [3.8, 4) is 5.75 Å². The molecule has 3 aliphatic heterocycles. The second kappa shape index (κ2) is 10.8. The van der Waals surface area contributed by atoms with E-state index in [1.807, 2.05) is 0 Å². The zero-order valence-electron chi connectivity index (χ0n) is 23.2. The molecule has 2 amide bonds. The van der Waals surface area contributed by atoms with Crippen molar-refractivity contribution in [2.45, 2.75) is 58.8 Å². The van der Waals surface area contributed by atoms with Gasteiger partial charge >= 0.3 is 12.2 Å². The number of amides is 2. The van der Waals surface area contributed by atoms with Crippen LogP contribution in [0.2, 0.25) is 0 Å². The fourth-order valence-corrected chi connectivity index (χ4v) is 4.77. The van der Waals surface area contributed by atoms with Gasteiger partial charge < -0.3 is 28.7 Å². The van der Waals surface area contributed by atoms with Gasteiger partial charge in [0.05, 0.1) is 23.2 Å². The van der Waals surface area contributed by atoms with Crippen molar-refractivity contribution in [1.29, 1.82) is 0 Å². The summed E-state index contributed by atoms with van der Waals surface area (Å²) in [6.07, 6.45) is -1.62. The lowest BCUT2D eigenvalue weighted by atomic mass is 9.99. The first-order chi connectivity index (χ1) is 18.6. The molecule has 13 heteroatoms. The molecule has 0 spiro atoms. The number of hydrogen-bond donors (Lipinski definition) is 0. The Hall–Kier alpha value is -3.54. The maximum Gasteiger partial charge on any atom is 0.514 e. The van der Waals surface area contributed by atoms with Crippen LogP contribution in [-0.4, -0.2) is 83.1 Å². The van der Waals surface area contributed by atoms with Gasteiger partial charge in [-0.1, -0.05) is 22.1 Å². The van der Waals surface area contributed by atoms with Gasteiger partial charge in [-0.05, 0) is 53.7 Å². The van der Waals surface area contributed by atoms with Gasteiger partial charge in [0.2, 0.25) is 0 Å². The summed E-state index contributed by atoms with van der Waals surface area (Å²) in [6, 6.07) is 3.12. The number of benzene rings is 1. The summed E-state index contributed by atoms with van der Waals surface area (Å²) in [4.78, 5) is 41.3. The van der Waals surface area contributed by atoms with E-state index in [4.69, 9.17) is 30.5 Å². The summed E-state index contributed by atoms with van der Waals surface area (Å²) < 4.78 is 52.4. The Kier molecular flexibility index (Phi) is 7.94. The maximum absolute atomic E-state index is 15.6. The van der Waals surface area contributed by atoms with E-state index in [2.05, 4.69) is 0 Å². The fraction of sp³-hybridized carbons (Fsp3) is 0.519. The van der Waals surface area contributed by atoms with Crippen molar-refractivity contribution in [3.05, 3.63) is 46.1 Å². The summed E-state index contributed by atoms with van der Waals surface area (Å²) in [5.74, 6) is -2.04. The molecule has 1 aromatic carbocycles. The molecular weight excluding hydrogens is 552 g/mol. The van der Waals surface area contributed by atoms with Crippen LogP contribution in [0.4, 0.5) is 18.5 Å². The van der Waals surface area contributed by atoms with Gasteiger partial charge in [-0.2, -0.15) is 5.12 Å². The van der Waals surface area contributed by atoms with Crippen molar-refractivity contribution in [2.24, 2.45) is 0 Å². The number of carbonyl (C=O) groups excluding carboxylic acids is 3. The quantitative estimate of drug-likeness (QED) is 0.273. The van der Waals surface area contributed by atoms with Crippen LogP contribution in [0.3, 0.4) is 0 Å². The summed E-state index contributed by atoms with van der Waals surface area (Å²) in [7, 11) is 0. The highest BCUT2D eigenvalue weighted by molar-refractivity contribution is 6.35. The second-order valence-corrected chi connectivity index (χ2v) is 11.9. The number of nitrogens with zero attached hydrogens (tertiary/aromatic N) is 3. The third kappa shape index (κ3) is 6.27. The molecule has 1 fully saturated rings. The zero-order chi connectivity index (χ0) is 29.6. The standard InChI is InChI=1S/C27H32ClF2N3O7/c1-26(2,3)39-24(35)31-10-11-32-15(12-31)14-37-22-20(28)16(13-33(30)21(22)23(32)34)19-17(29)8-7-9-18(19)38-25(36)40-27(4,5)6/h7-9,15H,10-14H2,1-6H3/t15-/m1/s1.